The second-order valence-electron chi connectivity index (χ2n) is 6.81. The molecule has 7 heteroatoms. The lowest BCUT2D eigenvalue weighted by atomic mass is 10.1. The highest BCUT2D eigenvalue weighted by Crippen LogP contribution is 2.39. The summed E-state index contributed by atoms with van der Waals surface area (Å²) in [6.07, 6.45) is 0. The van der Waals surface area contributed by atoms with Crippen molar-refractivity contribution in [1.82, 2.24) is 14.8 Å². The summed E-state index contributed by atoms with van der Waals surface area (Å²) in [6.45, 7) is 10.2. The fraction of sp³-hybridized carbons (Fsp3) is 0.391. The first kappa shape index (κ1) is 22.1. The molecule has 1 aromatic carbocycles. The van der Waals surface area contributed by atoms with Gasteiger partial charge in [0.05, 0.1) is 30.5 Å². The zero-order chi connectivity index (χ0) is 21.7. The van der Waals surface area contributed by atoms with Gasteiger partial charge in [-0.1, -0.05) is 26.0 Å². The van der Waals surface area contributed by atoms with Gasteiger partial charge in [-0.3, -0.25) is 4.68 Å². The van der Waals surface area contributed by atoms with E-state index in [4.69, 9.17) is 19.6 Å². The first-order valence-corrected chi connectivity index (χ1v) is 11.1. The number of fused-ring (bicyclic) bond motifs is 3. The number of aromatic nitrogens is 3. The van der Waals surface area contributed by atoms with Gasteiger partial charge in [0.25, 0.3) is 0 Å². The minimum atomic E-state index is 0.615. The van der Waals surface area contributed by atoms with Crippen molar-refractivity contribution in [3.05, 3.63) is 47.2 Å². The lowest BCUT2D eigenvalue weighted by Gasteiger charge is -2.06. The lowest BCUT2D eigenvalue weighted by Crippen LogP contribution is -2.07. The molecule has 0 amide bonds. The molecule has 30 heavy (non-hydrogen) atoms. The molecule has 1 N–H and O–H groups in total. The van der Waals surface area contributed by atoms with E-state index in [0.717, 1.165) is 32.3 Å². The van der Waals surface area contributed by atoms with Crippen molar-refractivity contribution >= 4 is 37.6 Å². The van der Waals surface area contributed by atoms with Crippen LogP contribution in [-0.2, 0) is 17.8 Å². The van der Waals surface area contributed by atoms with Crippen molar-refractivity contribution in [2.24, 2.45) is 0 Å². The quantitative estimate of drug-likeness (QED) is 0.419. The average molecular weight is 427 g/mol. The van der Waals surface area contributed by atoms with Crippen LogP contribution in [0, 0.1) is 13.8 Å². The second kappa shape index (κ2) is 9.91. The molecule has 0 bridgehead atoms. The van der Waals surface area contributed by atoms with Crippen LogP contribution in [0.2, 0.25) is 0 Å². The molecule has 3 aromatic heterocycles. The number of hydrogen-bond acceptors (Lipinski definition) is 6. The van der Waals surface area contributed by atoms with Gasteiger partial charge in [0.1, 0.15) is 10.6 Å². The van der Waals surface area contributed by atoms with Gasteiger partial charge in [-0.2, -0.15) is 5.10 Å². The Balaban J connectivity index is 0.00000124. The number of aryl methyl sites for hydroxylation is 2. The minimum absolute atomic E-state index is 0.615. The fourth-order valence-electron chi connectivity index (χ4n) is 3.43. The van der Waals surface area contributed by atoms with Crippen molar-refractivity contribution in [3.63, 3.8) is 0 Å². The highest BCUT2D eigenvalue weighted by Gasteiger charge is 2.19. The molecule has 0 atom stereocenters. The summed E-state index contributed by atoms with van der Waals surface area (Å²) in [5.74, 6) is 1.75. The van der Waals surface area contributed by atoms with E-state index >= 15 is 0 Å². The number of nitrogens with one attached hydrogen (secondary N) is 1. The first-order chi connectivity index (χ1) is 14.6. The van der Waals surface area contributed by atoms with Gasteiger partial charge in [-0.15, -0.1) is 11.3 Å². The third kappa shape index (κ3) is 4.42. The number of hydrogen-bond donors (Lipinski definition) is 1. The van der Waals surface area contributed by atoms with Crippen LogP contribution in [0.1, 0.15) is 30.7 Å². The van der Waals surface area contributed by atoms with Crippen molar-refractivity contribution in [1.29, 1.82) is 0 Å². The van der Waals surface area contributed by atoms with E-state index in [-0.39, 0.29) is 0 Å². The maximum Gasteiger partial charge on any atom is 0.166 e. The molecule has 0 spiro atoms. The molecule has 4 aromatic rings. The van der Waals surface area contributed by atoms with E-state index in [1.165, 1.54) is 16.5 Å². The molecule has 6 nitrogen and oxygen atoms in total. The third-order valence-electron chi connectivity index (χ3n) is 4.78. The van der Waals surface area contributed by atoms with Crippen LogP contribution in [0.5, 0.6) is 5.75 Å². The minimum Gasteiger partial charge on any atom is -0.497 e. The predicted octanol–water partition coefficient (Wildman–Crippen LogP) is 5.56. The summed E-state index contributed by atoms with van der Waals surface area (Å²) >= 11 is 1.69. The Hall–Kier alpha value is -2.64. The number of methoxy groups -OCH3 is 2. The SMILES string of the molecule is CC.COCCn1nc(NCc2ccc(OC)cc2)c2sc3nc(C)cc(C)c3c21. The second-order valence-corrected chi connectivity index (χ2v) is 7.81. The molecule has 3 heterocycles. The van der Waals surface area contributed by atoms with Crippen LogP contribution in [-0.4, -0.2) is 35.6 Å². The van der Waals surface area contributed by atoms with E-state index in [1.54, 1.807) is 25.6 Å². The van der Waals surface area contributed by atoms with E-state index < -0.39 is 0 Å². The summed E-state index contributed by atoms with van der Waals surface area (Å²) in [4.78, 5) is 5.81. The number of ether oxygens (including phenoxy) is 2. The van der Waals surface area contributed by atoms with E-state index in [9.17, 15) is 0 Å². The predicted molar refractivity (Wildman–Crippen MR) is 126 cm³/mol. The number of thiophene rings is 1. The van der Waals surface area contributed by atoms with Crippen molar-refractivity contribution in [3.8, 4) is 5.75 Å². The molecule has 0 radical (unpaired) electrons. The zero-order valence-electron chi connectivity index (χ0n) is 18.6. The molecule has 0 aliphatic carbocycles. The Morgan fingerprint density at radius 1 is 1.10 bits per heavy atom. The Kier molecular flexibility index (Phi) is 7.29. The number of pyridine rings is 1. The lowest BCUT2D eigenvalue weighted by molar-refractivity contribution is 0.185. The molecule has 0 aliphatic heterocycles. The molecular formula is C23H30N4O2S. The van der Waals surface area contributed by atoms with Crippen molar-refractivity contribution in [2.75, 3.05) is 26.1 Å². The molecule has 0 aliphatic rings. The van der Waals surface area contributed by atoms with Crippen LogP contribution in [0.4, 0.5) is 5.82 Å². The largest absolute Gasteiger partial charge is 0.497 e. The van der Waals surface area contributed by atoms with Gasteiger partial charge in [0.2, 0.25) is 0 Å². The van der Waals surface area contributed by atoms with E-state index in [2.05, 4.69) is 30.4 Å². The summed E-state index contributed by atoms with van der Waals surface area (Å²) in [5.41, 5.74) is 4.58. The summed E-state index contributed by atoms with van der Waals surface area (Å²) in [6, 6.07) is 10.2. The molecule has 160 valence electrons. The molecule has 0 fully saturated rings. The average Bonchev–Trinajstić information content (AvgIpc) is 3.29. The van der Waals surface area contributed by atoms with Crippen molar-refractivity contribution in [2.45, 2.75) is 40.8 Å². The molecule has 4 rings (SSSR count). The van der Waals surface area contributed by atoms with Gasteiger partial charge < -0.3 is 14.8 Å². The summed E-state index contributed by atoms with van der Waals surface area (Å²) in [5, 5.41) is 9.52. The normalized spacial score (nSPS) is 10.9. The monoisotopic (exact) mass is 426 g/mol. The Labute approximate surface area is 181 Å². The number of benzene rings is 1. The smallest absolute Gasteiger partial charge is 0.166 e. The standard InChI is InChI=1S/C21H24N4O2S.C2H6/c1-13-11-14(2)23-21-17(13)18-19(28-21)20(24-25(18)9-10-26-3)22-12-15-5-7-16(27-4)8-6-15;1-2/h5-8,11H,9-10,12H2,1-4H3,(H,22,24);1-2H3. The number of anilines is 1. The van der Waals surface area contributed by atoms with Crippen LogP contribution in [0.3, 0.4) is 0 Å². The molecule has 0 unspecified atom stereocenters. The summed E-state index contributed by atoms with van der Waals surface area (Å²) in [7, 11) is 3.39. The van der Waals surface area contributed by atoms with Gasteiger partial charge in [-0.25, -0.2) is 4.98 Å². The van der Waals surface area contributed by atoms with Gasteiger partial charge in [0, 0.05) is 24.7 Å². The Morgan fingerprint density at radius 3 is 2.50 bits per heavy atom. The fourth-order valence-corrected chi connectivity index (χ4v) is 4.69. The topological polar surface area (TPSA) is 61.2 Å². The van der Waals surface area contributed by atoms with E-state index in [1.807, 2.05) is 37.6 Å². The van der Waals surface area contributed by atoms with Crippen LogP contribution >= 0.6 is 11.3 Å². The Morgan fingerprint density at radius 2 is 1.83 bits per heavy atom. The van der Waals surface area contributed by atoms with Crippen LogP contribution in [0.25, 0.3) is 20.4 Å². The molecule has 0 saturated carbocycles. The summed E-state index contributed by atoms with van der Waals surface area (Å²) < 4.78 is 13.7. The maximum atomic E-state index is 5.29. The number of nitrogens with zero attached hydrogens (tertiary/aromatic N) is 3. The first-order valence-electron chi connectivity index (χ1n) is 10.2. The van der Waals surface area contributed by atoms with Gasteiger partial charge in [-0.05, 0) is 43.2 Å². The maximum absolute atomic E-state index is 5.29. The van der Waals surface area contributed by atoms with Crippen LogP contribution < -0.4 is 10.1 Å². The third-order valence-corrected chi connectivity index (χ3v) is 5.86. The number of rotatable bonds is 7. The van der Waals surface area contributed by atoms with Gasteiger partial charge >= 0.3 is 0 Å². The molecular weight excluding hydrogens is 396 g/mol. The highest BCUT2D eigenvalue weighted by molar-refractivity contribution is 7.26. The van der Waals surface area contributed by atoms with Crippen LogP contribution in [0.15, 0.2) is 30.3 Å². The van der Waals surface area contributed by atoms with E-state index in [0.29, 0.717) is 19.7 Å². The zero-order valence-corrected chi connectivity index (χ0v) is 19.4. The van der Waals surface area contributed by atoms with Gasteiger partial charge in [0.15, 0.2) is 5.82 Å². The van der Waals surface area contributed by atoms with Crippen molar-refractivity contribution < 1.29 is 9.47 Å². The molecule has 0 saturated heterocycles. The Bertz CT molecular complexity index is 1120. The highest BCUT2D eigenvalue weighted by atomic mass is 32.1.